The van der Waals surface area contributed by atoms with Crippen molar-refractivity contribution < 1.29 is 9.84 Å². The van der Waals surface area contributed by atoms with Gasteiger partial charge in [0, 0.05) is 13.7 Å². The molecule has 14 heavy (non-hydrogen) atoms. The molecule has 0 aliphatic carbocycles. The Bertz CT molecular complexity index is 166. The molecule has 0 heterocycles. The van der Waals surface area contributed by atoms with E-state index in [2.05, 4.69) is 34.6 Å². The molecular weight excluding hydrogens is 176 g/mol. The minimum Gasteiger partial charge on any atom is -0.396 e. The molecule has 0 saturated heterocycles. The summed E-state index contributed by atoms with van der Waals surface area (Å²) >= 11 is 0. The average molecular weight is 202 g/mol. The lowest BCUT2D eigenvalue weighted by Gasteiger charge is -2.40. The molecule has 2 heteroatoms. The standard InChI is InChI=1S/C12H26O2/c1-7-12(5,10(2)8-13)9-11(3,4)14-6/h10,13H,7-9H2,1-6H3. The topological polar surface area (TPSA) is 29.5 Å². The molecule has 2 unspecified atom stereocenters. The summed E-state index contributed by atoms with van der Waals surface area (Å²) in [5.41, 5.74) is 0.0580. The van der Waals surface area contributed by atoms with Crippen LogP contribution in [0.1, 0.15) is 47.5 Å². The van der Waals surface area contributed by atoms with Gasteiger partial charge in [0.05, 0.1) is 5.60 Å². The fourth-order valence-electron chi connectivity index (χ4n) is 1.91. The summed E-state index contributed by atoms with van der Waals surface area (Å²) in [6, 6.07) is 0. The van der Waals surface area contributed by atoms with Crippen LogP contribution in [0.2, 0.25) is 0 Å². The summed E-state index contributed by atoms with van der Waals surface area (Å²) in [6.07, 6.45) is 2.05. The Labute approximate surface area is 88.7 Å². The first-order chi connectivity index (χ1) is 6.31. The highest BCUT2D eigenvalue weighted by Gasteiger charge is 2.35. The van der Waals surface area contributed by atoms with Gasteiger partial charge in [-0.05, 0) is 31.6 Å². The van der Waals surface area contributed by atoms with Crippen molar-refractivity contribution in [3.05, 3.63) is 0 Å². The van der Waals surface area contributed by atoms with Crippen molar-refractivity contribution in [2.45, 2.75) is 53.1 Å². The fourth-order valence-corrected chi connectivity index (χ4v) is 1.91. The lowest BCUT2D eigenvalue weighted by Crippen LogP contribution is -2.37. The van der Waals surface area contributed by atoms with Crippen LogP contribution in [0.3, 0.4) is 0 Å². The molecule has 0 amide bonds. The van der Waals surface area contributed by atoms with Crippen molar-refractivity contribution in [1.82, 2.24) is 0 Å². The quantitative estimate of drug-likeness (QED) is 0.717. The van der Waals surface area contributed by atoms with Crippen molar-refractivity contribution in [2.24, 2.45) is 11.3 Å². The van der Waals surface area contributed by atoms with Crippen LogP contribution in [0.25, 0.3) is 0 Å². The highest BCUT2D eigenvalue weighted by Crippen LogP contribution is 2.39. The molecule has 0 aromatic rings. The van der Waals surface area contributed by atoms with Gasteiger partial charge in [-0.2, -0.15) is 0 Å². The van der Waals surface area contributed by atoms with E-state index in [4.69, 9.17) is 4.74 Å². The van der Waals surface area contributed by atoms with E-state index < -0.39 is 0 Å². The zero-order chi connectivity index (χ0) is 11.4. The van der Waals surface area contributed by atoms with E-state index >= 15 is 0 Å². The molecule has 0 fully saturated rings. The Morgan fingerprint density at radius 3 is 2.07 bits per heavy atom. The maximum atomic E-state index is 9.23. The van der Waals surface area contributed by atoms with Gasteiger partial charge in [0.1, 0.15) is 0 Å². The molecule has 0 aromatic heterocycles. The maximum Gasteiger partial charge on any atom is 0.0628 e. The van der Waals surface area contributed by atoms with E-state index in [1.165, 1.54) is 0 Å². The van der Waals surface area contributed by atoms with Gasteiger partial charge in [-0.1, -0.05) is 27.2 Å². The van der Waals surface area contributed by atoms with Gasteiger partial charge in [-0.25, -0.2) is 0 Å². The van der Waals surface area contributed by atoms with Crippen LogP contribution >= 0.6 is 0 Å². The van der Waals surface area contributed by atoms with Crippen LogP contribution in [-0.2, 0) is 4.74 Å². The summed E-state index contributed by atoms with van der Waals surface area (Å²) in [7, 11) is 1.75. The fraction of sp³-hybridized carbons (Fsp3) is 1.00. The summed E-state index contributed by atoms with van der Waals surface area (Å²) in [6.45, 7) is 11.0. The Morgan fingerprint density at radius 1 is 1.29 bits per heavy atom. The summed E-state index contributed by atoms with van der Waals surface area (Å²) in [4.78, 5) is 0. The summed E-state index contributed by atoms with van der Waals surface area (Å²) in [5.74, 6) is 0.321. The molecule has 0 rings (SSSR count). The van der Waals surface area contributed by atoms with Gasteiger partial charge in [-0.3, -0.25) is 0 Å². The first-order valence-electron chi connectivity index (χ1n) is 5.47. The van der Waals surface area contributed by atoms with Gasteiger partial charge >= 0.3 is 0 Å². The van der Waals surface area contributed by atoms with Crippen LogP contribution in [0, 0.1) is 11.3 Å². The average Bonchev–Trinajstić information content (AvgIpc) is 2.15. The smallest absolute Gasteiger partial charge is 0.0628 e. The largest absolute Gasteiger partial charge is 0.396 e. The van der Waals surface area contributed by atoms with E-state index in [-0.39, 0.29) is 17.6 Å². The van der Waals surface area contributed by atoms with E-state index in [1.807, 2.05) is 0 Å². The van der Waals surface area contributed by atoms with Crippen molar-refractivity contribution in [1.29, 1.82) is 0 Å². The second-order valence-corrected chi connectivity index (χ2v) is 5.23. The highest BCUT2D eigenvalue weighted by molar-refractivity contribution is 4.85. The van der Waals surface area contributed by atoms with Crippen LogP contribution in [-0.4, -0.2) is 24.4 Å². The lowest BCUT2D eigenvalue weighted by atomic mass is 9.70. The van der Waals surface area contributed by atoms with Gasteiger partial charge < -0.3 is 9.84 Å². The van der Waals surface area contributed by atoms with Gasteiger partial charge in [0.2, 0.25) is 0 Å². The van der Waals surface area contributed by atoms with Crippen molar-refractivity contribution in [3.8, 4) is 0 Å². The van der Waals surface area contributed by atoms with E-state index in [1.54, 1.807) is 7.11 Å². The molecule has 0 spiro atoms. The van der Waals surface area contributed by atoms with E-state index in [0.29, 0.717) is 5.92 Å². The number of hydrogen-bond acceptors (Lipinski definition) is 2. The molecule has 0 radical (unpaired) electrons. The van der Waals surface area contributed by atoms with Gasteiger partial charge in [0.25, 0.3) is 0 Å². The minimum atomic E-state index is -0.103. The zero-order valence-electron chi connectivity index (χ0n) is 10.6. The molecule has 0 bridgehead atoms. The molecule has 2 nitrogen and oxygen atoms in total. The van der Waals surface area contributed by atoms with Crippen LogP contribution < -0.4 is 0 Å². The number of hydrogen-bond donors (Lipinski definition) is 1. The molecule has 0 aromatic carbocycles. The predicted octanol–water partition coefficient (Wildman–Crippen LogP) is 2.85. The monoisotopic (exact) mass is 202 g/mol. The van der Waals surface area contributed by atoms with Crippen LogP contribution in [0.5, 0.6) is 0 Å². The third kappa shape index (κ3) is 3.58. The zero-order valence-corrected chi connectivity index (χ0v) is 10.6. The Kier molecular flexibility index (Phi) is 5.10. The number of ether oxygens (including phenoxy) is 1. The van der Waals surface area contributed by atoms with Gasteiger partial charge in [0.15, 0.2) is 0 Å². The molecule has 2 atom stereocenters. The number of rotatable bonds is 6. The minimum absolute atomic E-state index is 0.103. The summed E-state index contributed by atoms with van der Waals surface area (Å²) < 4.78 is 5.45. The van der Waals surface area contributed by atoms with E-state index in [9.17, 15) is 5.11 Å². The molecule has 0 aliphatic heterocycles. The molecular formula is C12H26O2. The first kappa shape index (κ1) is 13.9. The number of aliphatic hydroxyl groups excluding tert-OH is 1. The van der Waals surface area contributed by atoms with Crippen molar-refractivity contribution >= 4 is 0 Å². The number of aliphatic hydroxyl groups is 1. The first-order valence-corrected chi connectivity index (χ1v) is 5.47. The van der Waals surface area contributed by atoms with Crippen molar-refractivity contribution in [3.63, 3.8) is 0 Å². The third-order valence-corrected chi connectivity index (χ3v) is 3.65. The Hall–Kier alpha value is -0.0800. The normalized spacial score (nSPS) is 19.1. The Balaban J connectivity index is 4.54. The SMILES string of the molecule is CCC(C)(CC(C)(C)OC)C(C)CO. The second-order valence-electron chi connectivity index (χ2n) is 5.23. The Morgan fingerprint density at radius 2 is 1.79 bits per heavy atom. The maximum absolute atomic E-state index is 9.23. The molecule has 86 valence electrons. The lowest BCUT2D eigenvalue weighted by molar-refractivity contribution is -0.0383. The van der Waals surface area contributed by atoms with Crippen molar-refractivity contribution in [2.75, 3.05) is 13.7 Å². The van der Waals surface area contributed by atoms with Crippen LogP contribution in [0.4, 0.5) is 0 Å². The number of methoxy groups -OCH3 is 1. The molecule has 1 N–H and O–H groups in total. The van der Waals surface area contributed by atoms with Crippen LogP contribution in [0.15, 0.2) is 0 Å². The predicted molar refractivity (Wildman–Crippen MR) is 60.4 cm³/mol. The third-order valence-electron chi connectivity index (χ3n) is 3.65. The molecule has 0 saturated carbocycles. The highest BCUT2D eigenvalue weighted by atomic mass is 16.5. The summed E-state index contributed by atoms with van der Waals surface area (Å²) in [5, 5.41) is 9.23. The second kappa shape index (κ2) is 5.13. The van der Waals surface area contributed by atoms with E-state index in [0.717, 1.165) is 12.8 Å². The molecule has 0 aliphatic rings. The van der Waals surface area contributed by atoms with Gasteiger partial charge in [-0.15, -0.1) is 0 Å².